The molecule has 3 nitrogen and oxygen atoms in total. The zero-order valence-electron chi connectivity index (χ0n) is 9.95. The minimum atomic E-state index is -0.100. The Hall–Kier alpha value is -0.120. The number of hydrogen-bond donors (Lipinski definition) is 2. The summed E-state index contributed by atoms with van der Waals surface area (Å²) in [6.07, 6.45) is 4.44. The van der Waals surface area contributed by atoms with Crippen LogP contribution in [0.5, 0.6) is 0 Å². The third kappa shape index (κ3) is 2.71. The Balaban J connectivity index is 1.83. The van der Waals surface area contributed by atoms with Gasteiger partial charge in [0.25, 0.3) is 0 Å². The summed E-state index contributed by atoms with van der Waals surface area (Å²) in [5.41, 5.74) is 0. The molecule has 0 spiro atoms. The molecular weight excluding hydrogens is 188 g/mol. The molecule has 2 aliphatic rings. The Bertz CT molecular complexity index is 210. The van der Waals surface area contributed by atoms with Gasteiger partial charge in [-0.15, -0.1) is 0 Å². The van der Waals surface area contributed by atoms with Crippen molar-refractivity contribution in [3.8, 4) is 0 Å². The Kier molecular flexibility index (Phi) is 3.65. The maximum Gasteiger partial charge on any atom is 0.0693 e. The van der Waals surface area contributed by atoms with Gasteiger partial charge in [0.2, 0.25) is 0 Å². The third-order valence-electron chi connectivity index (χ3n) is 4.02. The maximum absolute atomic E-state index is 9.78. The van der Waals surface area contributed by atoms with Crippen LogP contribution in [0.2, 0.25) is 0 Å². The van der Waals surface area contributed by atoms with Crippen molar-refractivity contribution < 1.29 is 5.11 Å². The van der Waals surface area contributed by atoms with Gasteiger partial charge in [0.15, 0.2) is 0 Å². The van der Waals surface area contributed by atoms with Crippen molar-refractivity contribution in [3.05, 3.63) is 0 Å². The quantitative estimate of drug-likeness (QED) is 0.712. The van der Waals surface area contributed by atoms with Gasteiger partial charge in [-0.05, 0) is 45.2 Å². The molecule has 0 bridgehead atoms. The summed E-state index contributed by atoms with van der Waals surface area (Å²) >= 11 is 0. The molecule has 3 heteroatoms. The predicted molar refractivity (Wildman–Crippen MR) is 61.8 cm³/mol. The SMILES string of the molecule is CC1CN(C)CCC1N[C@H]1CCC[C@@H]1O. The smallest absolute Gasteiger partial charge is 0.0693 e. The third-order valence-corrected chi connectivity index (χ3v) is 4.02. The lowest BCUT2D eigenvalue weighted by Crippen LogP contribution is -2.51. The molecule has 0 aromatic rings. The fraction of sp³-hybridized carbons (Fsp3) is 1.00. The summed E-state index contributed by atoms with van der Waals surface area (Å²) < 4.78 is 0. The van der Waals surface area contributed by atoms with Crippen molar-refractivity contribution in [2.45, 2.75) is 50.8 Å². The zero-order chi connectivity index (χ0) is 10.8. The first-order valence-electron chi connectivity index (χ1n) is 6.29. The van der Waals surface area contributed by atoms with Gasteiger partial charge in [-0.3, -0.25) is 0 Å². The average molecular weight is 212 g/mol. The first kappa shape index (κ1) is 11.4. The highest BCUT2D eigenvalue weighted by atomic mass is 16.3. The topological polar surface area (TPSA) is 35.5 Å². The van der Waals surface area contributed by atoms with Crippen LogP contribution in [0.3, 0.4) is 0 Å². The van der Waals surface area contributed by atoms with Crippen LogP contribution in [0.25, 0.3) is 0 Å². The molecule has 1 aliphatic carbocycles. The monoisotopic (exact) mass is 212 g/mol. The van der Waals surface area contributed by atoms with Crippen LogP contribution in [0.1, 0.15) is 32.6 Å². The number of hydrogen-bond acceptors (Lipinski definition) is 3. The van der Waals surface area contributed by atoms with Gasteiger partial charge in [0, 0.05) is 18.6 Å². The number of nitrogens with zero attached hydrogens (tertiary/aromatic N) is 1. The van der Waals surface area contributed by atoms with Crippen molar-refractivity contribution in [1.29, 1.82) is 0 Å². The van der Waals surface area contributed by atoms with E-state index in [4.69, 9.17) is 0 Å². The van der Waals surface area contributed by atoms with Gasteiger partial charge in [0.05, 0.1) is 6.10 Å². The average Bonchev–Trinajstić information content (AvgIpc) is 2.57. The molecule has 2 unspecified atom stereocenters. The Morgan fingerprint density at radius 3 is 2.60 bits per heavy atom. The van der Waals surface area contributed by atoms with Crippen LogP contribution in [-0.2, 0) is 0 Å². The van der Waals surface area contributed by atoms with Gasteiger partial charge in [-0.2, -0.15) is 0 Å². The van der Waals surface area contributed by atoms with Crippen molar-refractivity contribution >= 4 is 0 Å². The number of aliphatic hydroxyl groups is 1. The van der Waals surface area contributed by atoms with E-state index in [0.29, 0.717) is 18.0 Å². The van der Waals surface area contributed by atoms with E-state index >= 15 is 0 Å². The van der Waals surface area contributed by atoms with Crippen LogP contribution >= 0.6 is 0 Å². The minimum Gasteiger partial charge on any atom is -0.392 e. The van der Waals surface area contributed by atoms with Crippen LogP contribution < -0.4 is 5.32 Å². The van der Waals surface area contributed by atoms with Crippen LogP contribution in [-0.4, -0.2) is 48.3 Å². The first-order chi connectivity index (χ1) is 7.16. The molecule has 0 aromatic carbocycles. The molecule has 1 heterocycles. The normalized spacial score (nSPS) is 43.4. The summed E-state index contributed by atoms with van der Waals surface area (Å²) in [6, 6.07) is 0.972. The van der Waals surface area contributed by atoms with Gasteiger partial charge >= 0.3 is 0 Å². The largest absolute Gasteiger partial charge is 0.392 e. The molecule has 2 N–H and O–H groups in total. The fourth-order valence-corrected chi connectivity index (χ4v) is 3.01. The summed E-state index contributed by atoms with van der Waals surface area (Å²) in [7, 11) is 2.19. The van der Waals surface area contributed by atoms with E-state index in [9.17, 15) is 5.11 Å². The molecule has 88 valence electrons. The molecule has 4 atom stereocenters. The van der Waals surface area contributed by atoms with Gasteiger partial charge < -0.3 is 15.3 Å². The molecule has 1 saturated heterocycles. The van der Waals surface area contributed by atoms with E-state index < -0.39 is 0 Å². The molecule has 1 saturated carbocycles. The van der Waals surface area contributed by atoms with E-state index in [1.807, 2.05) is 0 Å². The summed E-state index contributed by atoms with van der Waals surface area (Å²) in [5.74, 6) is 0.705. The highest BCUT2D eigenvalue weighted by Gasteiger charge is 2.31. The van der Waals surface area contributed by atoms with Crippen molar-refractivity contribution in [2.24, 2.45) is 5.92 Å². The van der Waals surface area contributed by atoms with Crippen LogP contribution in [0, 0.1) is 5.92 Å². The lowest BCUT2D eigenvalue weighted by Gasteiger charge is -2.37. The minimum absolute atomic E-state index is 0.100. The summed E-state index contributed by atoms with van der Waals surface area (Å²) in [5, 5.41) is 13.4. The Labute approximate surface area is 92.8 Å². The van der Waals surface area contributed by atoms with E-state index in [2.05, 4.69) is 24.2 Å². The Morgan fingerprint density at radius 2 is 2.00 bits per heavy atom. The lowest BCUT2D eigenvalue weighted by atomic mass is 9.93. The summed E-state index contributed by atoms with van der Waals surface area (Å²) in [4.78, 5) is 2.40. The van der Waals surface area contributed by atoms with E-state index in [0.717, 1.165) is 12.8 Å². The molecule has 0 aromatic heterocycles. The highest BCUT2D eigenvalue weighted by Crippen LogP contribution is 2.23. The maximum atomic E-state index is 9.78. The molecule has 2 rings (SSSR count). The second kappa shape index (κ2) is 4.81. The molecule has 1 aliphatic heterocycles. The van der Waals surface area contributed by atoms with Gasteiger partial charge in [-0.1, -0.05) is 6.92 Å². The van der Waals surface area contributed by atoms with E-state index in [1.54, 1.807) is 0 Å². The lowest BCUT2D eigenvalue weighted by molar-refractivity contribution is 0.114. The zero-order valence-corrected chi connectivity index (χ0v) is 9.95. The van der Waals surface area contributed by atoms with E-state index in [-0.39, 0.29) is 6.10 Å². The predicted octanol–water partition coefficient (Wildman–Crippen LogP) is 0.830. The van der Waals surface area contributed by atoms with Gasteiger partial charge in [-0.25, -0.2) is 0 Å². The first-order valence-corrected chi connectivity index (χ1v) is 6.29. The highest BCUT2D eigenvalue weighted by molar-refractivity contribution is 4.89. The summed E-state index contributed by atoms with van der Waals surface area (Å²) in [6.45, 7) is 4.68. The molecule has 0 amide bonds. The van der Waals surface area contributed by atoms with E-state index in [1.165, 1.54) is 25.9 Å². The fourth-order valence-electron chi connectivity index (χ4n) is 3.01. The van der Waals surface area contributed by atoms with Crippen molar-refractivity contribution in [2.75, 3.05) is 20.1 Å². The molecule has 15 heavy (non-hydrogen) atoms. The Morgan fingerprint density at radius 1 is 1.20 bits per heavy atom. The second-order valence-corrected chi connectivity index (χ2v) is 5.41. The number of likely N-dealkylation sites (tertiary alicyclic amines) is 1. The molecule has 2 fully saturated rings. The van der Waals surface area contributed by atoms with Crippen molar-refractivity contribution in [1.82, 2.24) is 10.2 Å². The number of rotatable bonds is 2. The van der Waals surface area contributed by atoms with Crippen LogP contribution in [0.4, 0.5) is 0 Å². The van der Waals surface area contributed by atoms with Crippen molar-refractivity contribution in [3.63, 3.8) is 0 Å². The second-order valence-electron chi connectivity index (χ2n) is 5.41. The van der Waals surface area contributed by atoms with Crippen LogP contribution in [0.15, 0.2) is 0 Å². The standard InChI is InChI=1S/C12H24N2O/c1-9-8-14(2)7-6-10(9)13-11-4-3-5-12(11)15/h9-13,15H,3-8H2,1-2H3/t9?,10?,11-,12-/m0/s1. The van der Waals surface area contributed by atoms with Gasteiger partial charge in [0.1, 0.15) is 0 Å². The number of aliphatic hydroxyl groups excluding tert-OH is 1. The number of nitrogens with one attached hydrogen (secondary N) is 1. The number of piperidine rings is 1. The molecule has 0 radical (unpaired) electrons. The molecular formula is C12H24N2O.